The molecule has 2 heterocycles. The van der Waals surface area contributed by atoms with Gasteiger partial charge < -0.3 is 24.3 Å². The topological polar surface area (TPSA) is 87.4 Å². The van der Waals surface area contributed by atoms with Crippen molar-refractivity contribution in [3.63, 3.8) is 0 Å². The van der Waals surface area contributed by atoms with Crippen molar-refractivity contribution in [2.24, 2.45) is 10.4 Å². The third kappa shape index (κ3) is 7.71. The van der Waals surface area contributed by atoms with Gasteiger partial charge in [0.25, 0.3) is 11.9 Å². The Balaban J connectivity index is 1.45. The molecule has 2 aliphatic heterocycles. The van der Waals surface area contributed by atoms with E-state index in [1.54, 1.807) is 0 Å². The molecule has 1 atom stereocenters. The summed E-state index contributed by atoms with van der Waals surface area (Å²) in [6, 6.07) is 14.2. The molecule has 1 amide bonds. The van der Waals surface area contributed by atoms with Crippen LogP contribution in [0.25, 0.3) is 10.8 Å². The van der Waals surface area contributed by atoms with Gasteiger partial charge in [-0.05, 0) is 76.3 Å². The van der Waals surface area contributed by atoms with E-state index in [1.165, 1.54) is 4.90 Å². The first-order valence-electron chi connectivity index (χ1n) is 15.6. The largest absolute Gasteiger partial charge is 0.464 e. The molecule has 5 rings (SSSR count). The Morgan fingerprint density at radius 3 is 2.67 bits per heavy atom. The lowest BCUT2D eigenvalue weighted by Crippen LogP contribution is -2.56. The summed E-state index contributed by atoms with van der Waals surface area (Å²) >= 11 is 6.72. The highest BCUT2D eigenvalue weighted by Gasteiger charge is 2.43. The van der Waals surface area contributed by atoms with E-state index < -0.39 is 17.8 Å². The van der Waals surface area contributed by atoms with E-state index in [-0.39, 0.29) is 18.4 Å². The van der Waals surface area contributed by atoms with Crippen LogP contribution in [0, 0.1) is 16.7 Å². The molecule has 240 valence electrons. The Labute approximate surface area is 270 Å². The molecule has 1 saturated carbocycles. The summed E-state index contributed by atoms with van der Waals surface area (Å²) in [7, 11) is 4.18. The number of amidine groups is 1. The van der Waals surface area contributed by atoms with Crippen molar-refractivity contribution in [3.05, 3.63) is 65.2 Å². The summed E-state index contributed by atoms with van der Waals surface area (Å²) in [5.74, 6) is -0.925. The summed E-state index contributed by atoms with van der Waals surface area (Å²) in [6.07, 6.45) is 4.12. The number of halogens is 2. The van der Waals surface area contributed by atoms with Crippen LogP contribution >= 0.6 is 11.6 Å². The summed E-state index contributed by atoms with van der Waals surface area (Å²) < 4.78 is 20.3. The van der Waals surface area contributed by atoms with Crippen LogP contribution in [0.1, 0.15) is 39.0 Å². The third-order valence-corrected chi connectivity index (χ3v) is 9.44. The first kappa shape index (κ1) is 32.6. The number of hydrogen-bond donors (Lipinski definition) is 1. The molecular formula is C34H43ClFN7O2. The second-order valence-electron chi connectivity index (χ2n) is 12.7. The maximum Gasteiger partial charge on any atom is 0.292 e. The van der Waals surface area contributed by atoms with Crippen LogP contribution in [0.2, 0.25) is 5.02 Å². The molecule has 2 fully saturated rings. The van der Waals surface area contributed by atoms with E-state index in [0.29, 0.717) is 44.0 Å². The summed E-state index contributed by atoms with van der Waals surface area (Å²) in [5.41, 5.74) is 2.24. The van der Waals surface area contributed by atoms with E-state index in [9.17, 15) is 14.4 Å². The number of fused-ring (bicyclic) bond motifs is 1. The van der Waals surface area contributed by atoms with Gasteiger partial charge in [0.15, 0.2) is 5.83 Å². The number of ether oxygens (including phenoxy) is 1. The standard InChI is InChI=1S/C34H43ClFN7O2/c1-24-12-17-42(29-10-6-8-26-7-5-9-28(35)30(26)29)23-38-33(45-22-34(13-14-34)15-18-40(3)4)39-31(24)41-19-20-43(32(44)25(2)36)27(21-41)11-16-37/h5-10,27H,2,11-15,17-23H2,1,3-4H3,(H,38,39)/t27-/m0/s1. The van der Waals surface area contributed by atoms with Gasteiger partial charge in [-0.2, -0.15) is 5.26 Å². The molecule has 0 aromatic heterocycles. The van der Waals surface area contributed by atoms with Crippen molar-refractivity contribution in [1.82, 2.24) is 20.0 Å². The number of amides is 1. The number of carbonyl (C=O) groups is 1. The fraction of sp³-hybridized carbons (Fsp3) is 0.500. The lowest BCUT2D eigenvalue weighted by Gasteiger charge is -2.42. The molecule has 1 N–H and O–H groups in total. The summed E-state index contributed by atoms with van der Waals surface area (Å²) in [4.78, 5) is 25.5. The zero-order valence-corrected chi connectivity index (χ0v) is 27.2. The van der Waals surface area contributed by atoms with Crippen molar-refractivity contribution in [1.29, 1.82) is 5.26 Å². The van der Waals surface area contributed by atoms with Crippen molar-refractivity contribution in [2.45, 2.75) is 45.1 Å². The van der Waals surface area contributed by atoms with Crippen molar-refractivity contribution in [3.8, 4) is 6.07 Å². The number of rotatable bonds is 9. The molecule has 9 nitrogen and oxygen atoms in total. The number of nitrogens with zero attached hydrogens (tertiary/aromatic N) is 6. The van der Waals surface area contributed by atoms with E-state index >= 15 is 0 Å². The fourth-order valence-electron chi connectivity index (χ4n) is 6.14. The quantitative estimate of drug-likeness (QED) is 0.364. The molecule has 2 aromatic rings. The van der Waals surface area contributed by atoms with Gasteiger partial charge in [0.1, 0.15) is 12.5 Å². The maximum atomic E-state index is 13.8. The van der Waals surface area contributed by atoms with Gasteiger partial charge in [-0.25, -0.2) is 9.38 Å². The minimum Gasteiger partial charge on any atom is -0.464 e. The van der Waals surface area contributed by atoms with E-state index in [1.807, 2.05) is 18.2 Å². The van der Waals surface area contributed by atoms with Crippen LogP contribution in [0.3, 0.4) is 0 Å². The Hall–Kier alpha value is -3.81. The lowest BCUT2D eigenvalue weighted by molar-refractivity contribution is -0.133. The SMILES string of the molecule is C=C(F)C(=O)N1CCN(C2=C(C)CCN(c3cccc4cccc(Cl)c34)CN=C(OCC3(CCN(C)C)CC3)N2)C[C@@H]1CC#N. The molecule has 45 heavy (non-hydrogen) atoms. The zero-order valence-electron chi connectivity index (χ0n) is 26.5. The highest BCUT2D eigenvalue weighted by atomic mass is 35.5. The number of nitriles is 1. The Morgan fingerprint density at radius 1 is 1.22 bits per heavy atom. The monoisotopic (exact) mass is 635 g/mol. The predicted octanol–water partition coefficient (Wildman–Crippen LogP) is 5.50. The first-order chi connectivity index (χ1) is 21.6. The number of anilines is 1. The van der Waals surface area contributed by atoms with Gasteiger partial charge >= 0.3 is 0 Å². The second-order valence-corrected chi connectivity index (χ2v) is 13.1. The van der Waals surface area contributed by atoms with Crippen LogP contribution < -0.4 is 10.2 Å². The predicted molar refractivity (Wildman–Crippen MR) is 177 cm³/mol. The minimum atomic E-state index is -1.01. The van der Waals surface area contributed by atoms with Crippen molar-refractivity contribution in [2.75, 3.05) is 65.0 Å². The Morgan fingerprint density at radius 2 is 1.98 bits per heavy atom. The second kappa shape index (κ2) is 14.1. The molecule has 0 spiro atoms. The highest BCUT2D eigenvalue weighted by Crippen LogP contribution is 2.49. The Bertz CT molecular complexity index is 1520. The molecule has 2 aromatic carbocycles. The van der Waals surface area contributed by atoms with Crippen LogP contribution in [-0.2, 0) is 9.53 Å². The average molecular weight is 636 g/mol. The van der Waals surface area contributed by atoms with Crippen LogP contribution in [0.15, 0.2) is 65.2 Å². The van der Waals surface area contributed by atoms with Crippen molar-refractivity contribution < 1.29 is 13.9 Å². The average Bonchev–Trinajstić information content (AvgIpc) is 3.79. The van der Waals surface area contributed by atoms with Gasteiger partial charge in [0, 0.05) is 42.7 Å². The molecule has 1 saturated heterocycles. The summed E-state index contributed by atoms with van der Waals surface area (Å²) in [5, 5.41) is 15.8. The number of aliphatic imine (C=N–C) groups is 1. The van der Waals surface area contributed by atoms with Crippen LogP contribution in [0.4, 0.5) is 10.1 Å². The van der Waals surface area contributed by atoms with Crippen LogP contribution in [-0.4, -0.2) is 92.8 Å². The van der Waals surface area contributed by atoms with Crippen molar-refractivity contribution >= 4 is 40.0 Å². The van der Waals surface area contributed by atoms with E-state index in [4.69, 9.17) is 21.3 Å². The Kier molecular flexibility index (Phi) is 10.2. The number of nitrogens with one attached hydrogen (secondary N) is 1. The first-order valence-corrected chi connectivity index (χ1v) is 16.0. The minimum absolute atomic E-state index is 0.0866. The third-order valence-electron chi connectivity index (χ3n) is 9.12. The molecule has 3 aliphatic rings. The van der Waals surface area contributed by atoms with Gasteiger partial charge in [0.05, 0.1) is 30.2 Å². The van der Waals surface area contributed by atoms with Gasteiger partial charge in [-0.1, -0.05) is 42.4 Å². The fourth-order valence-corrected chi connectivity index (χ4v) is 6.42. The molecule has 0 unspecified atom stereocenters. The smallest absolute Gasteiger partial charge is 0.292 e. The zero-order chi connectivity index (χ0) is 32.1. The van der Waals surface area contributed by atoms with Gasteiger partial charge in [0.2, 0.25) is 0 Å². The molecule has 0 bridgehead atoms. The number of benzene rings is 2. The molecular weight excluding hydrogens is 593 g/mol. The maximum absolute atomic E-state index is 13.8. The number of piperazine rings is 1. The molecule has 11 heteroatoms. The van der Waals surface area contributed by atoms with Gasteiger partial charge in [-0.15, -0.1) is 0 Å². The summed E-state index contributed by atoms with van der Waals surface area (Å²) in [6.45, 7) is 9.00. The normalized spacial score (nSPS) is 20.2. The molecule has 0 radical (unpaired) electrons. The lowest BCUT2D eigenvalue weighted by atomic mass is 10.0. The van der Waals surface area contributed by atoms with Gasteiger partial charge in [-0.3, -0.25) is 10.1 Å². The number of hydrogen-bond acceptors (Lipinski definition) is 8. The van der Waals surface area contributed by atoms with E-state index in [2.05, 4.69) is 71.9 Å². The van der Waals surface area contributed by atoms with Crippen LogP contribution in [0.5, 0.6) is 0 Å². The van der Waals surface area contributed by atoms with E-state index in [0.717, 1.165) is 60.1 Å². The number of carbonyl (C=O) groups excluding carboxylic acids is 1. The highest BCUT2D eigenvalue weighted by molar-refractivity contribution is 6.36. The molecule has 1 aliphatic carbocycles.